The number of hydrogen-bond donors (Lipinski definition) is 1. The number of amides is 4. The summed E-state index contributed by atoms with van der Waals surface area (Å²) in [6, 6.07) is 9.05. The number of hydrogen-bond acceptors (Lipinski definition) is 4. The van der Waals surface area contributed by atoms with E-state index in [2.05, 4.69) is 5.32 Å². The van der Waals surface area contributed by atoms with Crippen molar-refractivity contribution >= 4 is 52.5 Å². The molecule has 1 aliphatic heterocycles. The van der Waals surface area contributed by atoms with Gasteiger partial charge in [-0.05, 0) is 30.3 Å². The van der Waals surface area contributed by atoms with Gasteiger partial charge >= 0.3 is 0 Å². The molecule has 4 amide bonds. The van der Waals surface area contributed by atoms with E-state index in [0.717, 1.165) is 4.90 Å². The SMILES string of the molecule is CN(CC(=O)Nc1c(Cl)cccc1Cl)C(=O)c1ccc2c(c1)C(=O)N(C)C2=O. The quantitative estimate of drug-likeness (QED) is 0.771. The first-order valence-electron chi connectivity index (χ1n) is 8.16. The van der Waals surface area contributed by atoms with Gasteiger partial charge in [0, 0.05) is 19.7 Å². The second-order valence-electron chi connectivity index (χ2n) is 6.24. The van der Waals surface area contributed by atoms with Gasteiger partial charge in [-0.3, -0.25) is 24.1 Å². The van der Waals surface area contributed by atoms with Gasteiger partial charge in [0.1, 0.15) is 0 Å². The van der Waals surface area contributed by atoms with E-state index in [1.807, 2.05) is 0 Å². The molecule has 0 unspecified atom stereocenters. The number of rotatable bonds is 4. The minimum atomic E-state index is -0.488. The molecule has 0 saturated carbocycles. The molecular weight excluding hydrogens is 405 g/mol. The van der Waals surface area contributed by atoms with Crippen LogP contribution in [0.2, 0.25) is 10.0 Å². The molecule has 0 aromatic heterocycles. The molecule has 0 spiro atoms. The number of nitrogens with one attached hydrogen (secondary N) is 1. The van der Waals surface area contributed by atoms with Crippen molar-refractivity contribution in [3.63, 3.8) is 0 Å². The van der Waals surface area contributed by atoms with Crippen LogP contribution < -0.4 is 5.32 Å². The number of nitrogens with zero attached hydrogens (tertiary/aromatic N) is 2. The van der Waals surface area contributed by atoms with E-state index in [1.165, 1.54) is 37.2 Å². The van der Waals surface area contributed by atoms with Crippen molar-refractivity contribution in [1.82, 2.24) is 9.80 Å². The van der Waals surface area contributed by atoms with Crippen molar-refractivity contribution in [3.05, 3.63) is 63.1 Å². The summed E-state index contributed by atoms with van der Waals surface area (Å²) in [7, 11) is 2.82. The molecule has 0 radical (unpaired) electrons. The van der Waals surface area contributed by atoms with E-state index >= 15 is 0 Å². The zero-order chi connectivity index (χ0) is 20.6. The van der Waals surface area contributed by atoms with Crippen LogP contribution in [-0.2, 0) is 4.79 Å². The summed E-state index contributed by atoms with van der Waals surface area (Å²) in [5, 5.41) is 3.13. The lowest BCUT2D eigenvalue weighted by atomic mass is 10.0. The Morgan fingerprint density at radius 1 is 1.04 bits per heavy atom. The first kappa shape index (κ1) is 19.9. The number of imide groups is 1. The average molecular weight is 420 g/mol. The molecule has 3 rings (SSSR count). The monoisotopic (exact) mass is 419 g/mol. The summed E-state index contributed by atoms with van der Waals surface area (Å²) in [5.41, 5.74) is 0.875. The van der Waals surface area contributed by atoms with Crippen molar-refractivity contribution in [2.75, 3.05) is 26.0 Å². The Labute approximate surface area is 170 Å². The first-order chi connectivity index (χ1) is 13.2. The predicted molar refractivity (Wildman–Crippen MR) is 105 cm³/mol. The molecule has 0 fully saturated rings. The number of halogens is 2. The van der Waals surface area contributed by atoms with Crippen molar-refractivity contribution < 1.29 is 19.2 Å². The Morgan fingerprint density at radius 2 is 1.64 bits per heavy atom. The summed E-state index contributed by atoms with van der Waals surface area (Å²) in [5.74, 6) is -1.84. The molecule has 2 aromatic carbocycles. The smallest absolute Gasteiger partial charge is 0.261 e. The molecule has 0 aliphatic carbocycles. The van der Waals surface area contributed by atoms with Crippen molar-refractivity contribution in [3.8, 4) is 0 Å². The van der Waals surface area contributed by atoms with Crippen LogP contribution in [0.3, 0.4) is 0 Å². The fourth-order valence-electron chi connectivity index (χ4n) is 2.80. The number of likely N-dealkylation sites (N-methyl/N-ethyl adjacent to an activating group) is 1. The van der Waals surface area contributed by atoms with Gasteiger partial charge in [-0.1, -0.05) is 29.3 Å². The molecule has 1 heterocycles. The number of fused-ring (bicyclic) bond motifs is 1. The van der Waals surface area contributed by atoms with Gasteiger partial charge in [0.25, 0.3) is 17.7 Å². The fraction of sp³-hybridized carbons (Fsp3) is 0.158. The number of para-hydroxylation sites is 1. The van der Waals surface area contributed by atoms with E-state index < -0.39 is 23.6 Å². The third-order valence-electron chi connectivity index (χ3n) is 4.29. The van der Waals surface area contributed by atoms with Crippen LogP contribution in [0.1, 0.15) is 31.1 Å². The number of carbonyl (C=O) groups is 4. The van der Waals surface area contributed by atoms with Gasteiger partial charge in [0.2, 0.25) is 5.91 Å². The fourth-order valence-corrected chi connectivity index (χ4v) is 3.29. The van der Waals surface area contributed by atoms with Gasteiger partial charge in [-0.25, -0.2) is 0 Å². The molecule has 0 atom stereocenters. The highest BCUT2D eigenvalue weighted by molar-refractivity contribution is 6.39. The van der Waals surface area contributed by atoms with Crippen molar-refractivity contribution in [2.24, 2.45) is 0 Å². The van der Waals surface area contributed by atoms with E-state index in [0.29, 0.717) is 0 Å². The Bertz CT molecular complexity index is 1000. The van der Waals surface area contributed by atoms with Gasteiger partial charge in [0.15, 0.2) is 0 Å². The minimum absolute atomic E-state index is 0.166. The second-order valence-corrected chi connectivity index (χ2v) is 7.05. The van der Waals surface area contributed by atoms with Crippen molar-refractivity contribution in [2.45, 2.75) is 0 Å². The molecule has 1 N–H and O–H groups in total. The first-order valence-corrected chi connectivity index (χ1v) is 8.92. The highest BCUT2D eigenvalue weighted by Gasteiger charge is 2.33. The van der Waals surface area contributed by atoms with Gasteiger partial charge in [-0.2, -0.15) is 0 Å². The van der Waals surface area contributed by atoms with E-state index in [9.17, 15) is 19.2 Å². The maximum atomic E-state index is 12.6. The molecule has 0 bridgehead atoms. The molecule has 2 aromatic rings. The van der Waals surface area contributed by atoms with Crippen LogP contribution >= 0.6 is 23.2 Å². The lowest BCUT2D eigenvalue weighted by Crippen LogP contribution is -2.35. The third-order valence-corrected chi connectivity index (χ3v) is 4.92. The van der Waals surface area contributed by atoms with E-state index in [4.69, 9.17) is 23.2 Å². The molecular formula is C19H15Cl2N3O4. The van der Waals surface area contributed by atoms with E-state index in [1.54, 1.807) is 18.2 Å². The Hall–Kier alpha value is -2.90. The molecule has 9 heteroatoms. The lowest BCUT2D eigenvalue weighted by Gasteiger charge is -2.18. The molecule has 1 aliphatic rings. The standard InChI is InChI=1S/C19H15Cl2N3O4/c1-23(9-15(25)22-16-13(20)4-3-5-14(16)21)17(26)10-6-7-11-12(8-10)19(28)24(2)18(11)27/h3-8H,9H2,1-2H3,(H,22,25). The molecule has 144 valence electrons. The van der Waals surface area contributed by atoms with Crippen LogP contribution in [0.5, 0.6) is 0 Å². The van der Waals surface area contributed by atoms with Gasteiger partial charge in [-0.15, -0.1) is 0 Å². The zero-order valence-corrected chi connectivity index (χ0v) is 16.5. The van der Waals surface area contributed by atoms with Gasteiger partial charge < -0.3 is 10.2 Å². The molecule has 0 saturated heterocycles. The largest absolute Gasteiger partial charge is 0.332 e. The summed E-state index contributed by atoms with van der Waals surface area (Å²) >= 11 is 12.0. The van der Waals surface area contributed by atoms with Crippen LogP contribution in [-0.4, -0.2) is 54.1 Å². The number of carbonyl (C=O) groups excluding carboxylic acids is 4. The molecule has 28 heavy (non-hydrogen) atoms. The van der Waals surface area contributed by atoms with Crippen molar-refractivity contribution in [1.29, 1.82) is 0 Å². The molecule has 7 nitrogen and oxygen atoms in total. The average Bonchev–Trinajstić information content (AvgIpc) is 2.88. The summed E-state index contributed by atoms with van der Waals surface area (Å²) < 4.78 is 0. The second kappa shape index (κ2) is 7.61. The van der Waals surface area contributed by atoms with Gasteiger partial charge in [0.05, 0.1) is 33.4 Å². The maximum absolute atomic E-state index is 12.6. The van der Waals surface area contributed by atoms with Crippen LogP contribution in [0.4, 0.5) is 5.69 Å². The normalized spacial score (nSPS) is 12.8. The Balaban J connectivity index is 1.73. The Morgan fingerprint density at radius 3 is 2.29 bits per heavy atom. The van der Waals surface area contributed by atoms with E-state index in [-0.39, 0.29) is 39.0 Å². The maximum Gasteiger partial charge on any atom is 0.261 e. The third kappa shape index (κ3) is 3.58. The highest BCUT2D eigenvalue weighted by Crippen LogP contribution is 2.29. The lowest BCUT2D eigenvalue weighted by molar-refractivity contribution is -0.116. The summed E-state index contributed by atoms with van der Waals surface area (Å²) in [6.45, 7) is -0.260. The number of benzene rings is 2. The number of anilines is 1. The van der Waals surface area contributed by atoms with Crippen LogP contribution in [0.15, 0.2) is 36.4 Å². The predicted octanol–water partition coefficient (Wildman–Crippen LogP) is 2.93. The highest BCUT2D eigenvalue weighted by atomic mass is 35.5. The van der Waals surface area contributed by atoms with Crippen LogP contribution in [0.25, 0.3) is 0 Å². The van der Waals surface area contributed by atoms with Crippen LogP contribution in [0, 0.1) is 0 Å². The minimum Gasteiger partial charge on any atom is -0.332 e. The topological polar surface area (TPSA) is 86.8 Å². The Kier molecular flexibility index (Phi) is 5.40. The summed E-state index contributed by atoms with van der Waals surface area (Å²) in [4.78, 5) is 51.1. The zero-order valence-electron chi connectivity index (χ0n) is 15.0. The summed E-state index contributed by atoms with van der Waals surface area (Å²) in [6.07, 6.45) is 0.